The largest absolute Gasteiger partial charge is 0.481 e. The van der Waals surface area contributed by atoms with Crippen molar-refractivity contribution in [2.24, 2.45) is 17.8 Å². The number of rotatable bonds is 27. The van der Waals surface area contributed by atoms with E-state index in [1.165, 1.54) is 64.2 Å². The maximum Gasteiger partial charge on any atom is 0.312 e. The average molecular weight is 555 g/mol. The zero-order valence-corrected chi connectivity index (χ0v) is 25.5. The van der Waals surface area contributed by atoms with E-state index in [4.69, 9.17) is 0 Å². The van der Waals surface area contributed by atoms with E-state index >= 15 is 0 Å². The van der Waals surface area contributed by atoms with Crippen molar-refractivity contribution in [1.82, 2.24) is 0 Å². The quantitative estimate of drug-likeness (QED) is 0.0543. The summed E-state index contributed by atoms with van der Waals surface area (Å²) in [5.41, 5.74) is 0. The van der Waals surface area contributed by atoms with Gasteiger partial charge in [-0.05, 0) is 38.5 Å². The fraction of sp³-hybridized carbons (Fsp3) is 0.844. The number of nitrogens with zero attached hydrogens (tertiary/aromatic N) is 1. The van der Waals surface area contributed by atoms with E-state index in [0.717, 1.165) is 19.3 Å². The highest BCUT2D eigenvalue weighted by Gasteiger charge is 2.40. The van der Waals surface area contributed by atoms with Gasteiger partial charge in [-0.1, -0.05) is 97.6 Å². The van der Waals surface area contributed by atoms with Crippen LogP contribution in [-0.4, -0.2) is 63.9 Å². The van der Waals surface area contributed by atoms with Crippen molar-refractivity contribution < 1.29 is 34.2 Å². The highest BCUT2D eigenvalue weighted by atomic mass is 16.4. The lowest BCUT2D eigenvalue weighted by Crippen LogP contribution is -2.58. The summed E-state index contributed by atoms with van der Waals surface area (Å²) in [7, 11) is 0. The molecule has 39 heavy (non-hydrogen) atoms. The first-order chi connectivity index (χ1) is 18.7. The minimum absolute atomic E-state index is 0.229. The minimum Gasteiger partial charge on any atom is -0.481 e. The summed E-state index contributed by atoms with van der Waals surface area (Å²) in [4.78, 5) is 35.8. The van der Waals surface area contributed by atoms with E-state index in [1.54, 1.807) is 0 Å². The third-order valence-electron chi connectivity index (χ3n) is 8.24. The van der Waals surface area contributed by atoms with Crippen molar-refractivity contribution in [1.29, 1.82) is 0 Å². The molecular weight excluding hydrogens is 494 g/mol. The lowest BCUT2D eigenvalue weighted by molar-refractivity contribution is -0.935. The molecule has 0 spiro atoms. The highest BCUT2D eigenvalue weighted by Crippen LogP contribution is 2.25. The van der Waals surface area contributed by atoms with Crippen molar-refractivity contribution in [3.8, 4) is 0 Å². The van der Waals surface area contributed by atoms with Gasteiger partial charge in [0.2, 0.25) is 0 Å². The molecule has 0 saturated heterocycles. The lowest BCUT2D eigenvalue weighted by atomic mass is 9.95. The van der Waals surface area contributed by atoms with E-state index in [2.05, 4.69) is 19.1 Å². The fourth-order valence-corrected chi connectivity index (χ4v) is 5.58. The number of hydrogen-bond acceptors (Lipinski definition) is 3. The summed E-state index contributed by atoms with van der Waals surface area (Å²) < 4.78 is 0.229. The Morgan fingerprint density at radius 1 is 0.538 bits per heavy atom. The summed E-state index contributed by atoms with van der Waals surface area (Å²) in [6.07, 6.45) is 21.6. The second-order valence-electron chi connectivity index (χ2n) is 11.5. The average Bonchev–Trinajstić information content (AvgIpc) is 2.90. The van der Waals surface area contributed by atoms with Gasteiger partial charge in [0.25, 0.3) is 0 Å². The lowest BCUT2D eigenvalue weighted by Gasteiger charge is -2.43. The molecule has 0 amide bonds. The molecule has 0 saturated carbocycles. The second kappa shape index (κ2) is 22.9. The Kier molecular flexibility index (Phi) is 21.8. The number of carboxylic acid groups (broad SMARTS) is 3. The summed E-state index contributed by atoms with van der Waals surface area (Å²) in [6, 6.07) is 0. The Hall–Kier alpha value is -1.89. The molecule has 0 fully saturated rings. The SMILES string of the molecule is CCCCCCCCCCCC/C=C/CCC[N+](CC(CC)C(=O)O)(CC(CC)C(=O)O)CC(CC)C(=O)O. The van der Waals surface area contributed by atoms with Gasteiger partial charge in [0.1, 0.15) is 17.8 Å². The van der Waals surface area contributed by atoms with Crippen molar-refractivity contribution in [3.05, 3.63) is 12.2 Å². The van der Waals surface area contributed by atoms with Gasteiger partial charge in [0.15, 0.2) is 0 Å². The summed E-state index contributed by atoms with van der Waals surface area (Å²) in [5.74, 6) is -4.59. The van der Waals surface area contributed by atoms with Gasteiger partial charge in [0.05, 0.1) is 26.2 Å². The number of carboxylic acids is 3. The van der Waals surface area contributed by atoms with Crippen LogP contribution in [-0.2, 0) is 14.4 Å². The summed E-state index contributed by atoms with van der Waals surface area (Å²) >= 11 is 0. The maximum absolute atomic E-state index is 11.9. The first-order valence-corrected chi connectivity index (χ1v) is 15.8. The van der Waals surface area contributed by atoms with E-state index in [0.29, 0.717) is 25.8 Å². The molecule has 0 aliphatic rings. The van der Waals surface area contributed by atoms with E-state index in [1.807, 2.05) is 20.8 Å². The summed E-state index contributed by atoms with van der Waals surface area (Å²) in [6.45, 7) is 9.11. The monoisotopic (exact) mass is 554 g/mol. The van der Waals surface area contributed by atoms with Crippen LogP contribution in [0.2, 0.25) is 0 Å². The Morgan fingerprint density at radius 2 is 0.872 bits per heavy atom. The Morgan fingerprint density at radius 3 is 1.21 bits per heavy atom. The van der Waals surface area contributed by atoms with Gasteiger partial charge in [-0.25, -0.2) is 0 Å². The van der Waals surface area contributed by atoms with E-state index < -0.39 is 35.7 Å². The van der Waals surface area contributed by atoms with Crippen LogP contribution in [0.4, 0.5) is 0 Å². The molecule has 0 aliphatic heterocycles. The number of carbonyl (C=O) groups is 3. The van der Waals surface area contributed by atoms with Crippen LogP contribution in [0.25, 0.3) is 0 Å². The standard InChI is InChI=1S/C32H59NO6/c1-5-9-10-11-12-13-14-15-16-17-18-19-20-21-22-23-33(24-27(6-2)30(34)35,25-28(7-3)31(36)37)26-29(8-4)32(38)39/h19-20,27-29H,5-18,21-26H2,1-4H3,(H2-,34,35,36,37,38,39)/p+1/b20-19+. The molecule has 3 unspecified atom stereocenters. The first-order valence-electron chi connectivity index (χ1n) is 15.8. The van der Waals surface area contributed by atoms with Crippen molar-refractivity contribution in [2.75, 3.05) is 26.2 Å². The van der Waals surface area contributed by atoms with Crippen molar-refractivity contribution in [3.63, 3.8) is 0 Å². The highest BCUT2D eigenvalue weighted by molar-refractivity contribution is 5.71. The molecule has 0 radical (unpaired) electrons. The number of allylic oxidation sites excluding steroid dienone is 2. The fourth-order valence-electron chi connectivity index (χ4n) is 5.58. The van der Waals surface area contributed by atoms with E-state index in [9.17, 15) is 29.7 Å². The number of unbranched alkanes of at least 4 members (excludes halogenated alkanes) is 11. The van der Waals surface area contributed by atoms with Gasteiger partial charge in [0, 0.05) is 6.42 Å². The number of aliphatic carboxylic acids is 3. The molecule has 0 rings (SSSR count). The molecule has 0 bridgehead atoms. The molecule has 3 atom stereocenters. The van der Waals surface area contributed by atoms with Crippen LogP contribution in [0.1, 0.15) is 130 Å². The van der Waals surface area contributed by atoms with Gasteiger partial charge in [-0.15, -0.1) is 0 Å². The van der Waals surface area contributed by atoms with E-state index in [-0.39, 0.29) is 24.1 Å². The normalized spacial score (nSPS) is 15.6. The van der Waals surface area contributed by atoms with Gasteiger partial charge in [-0.2, -0.15) is 0 Å². The molecule has 0 aliphatic carbocycles. The molecule has 7 heteroatoms. The van der Waals surface area contributed by atoms with Crippen LogP contribution in [0.5, 0.6) is 0 Å². The van der Waals surface area contributed by atoms with Crippen LogP contribution < -0.4 is 0 Å². The second-order valence-corrected chi connectivity index (χ2v) is 11.5. The van der Waals surface area contributed by atoms with Gasteiger partial charge >= 0.3 is 17.9 Å². The smallest absolute Gasteiger partial charge is 0.312 e. The summed E-state index contributed by atoms with van der Waals surface area (Å²) in [5, 5.41) is 29.4. The van der Waals surface area contributed by atoms with Crippen molar-refractivity contribution >= 4 is 17.9 Å². The molecule has 0 heterocycles. The van der Waals surface area contributed by atoms with Crippen molar-refractivity contribution in [2.45, 2.75) is 130 Å². The molecule has 0 aromatic rings. The van der Waals surface area contributed by atoms with Crippen LogP contribution in [0, 0.1) is 17.8 Å². The Labute approximate surface area is 238 Å². The van der Waals surface area contributed by atoms with Crippen LogP contribution in [0.15, 0.2) is 12.2 Å². The predicted molar refractivity (Wildman–Crippen MR) is 159 cm³/mol. The zero-order chi connectivity index (χ0) is 29.5. The zero-order valence-electron chi connectivity index (χ0n) is 25.5. The maximum atomic E-state index is 11.9. The van der Waals surface area contributed by atoms with Crippen LogP contribution in [0.3, 0.4) is 0 Å². The minimum atomic E-state index is -0.900. The molecular formula is C32H60NO6+. The van der Waals surface area contributed by atoms with Gasteiger partial charge in [-0.3, -0.25) is 14.4 Å². The Bertz CT molecular complexity index is 632. The molecule has 0 aromatic heterocycles. The third-order valence-corrected chi connectivity index (χ3v) is 8.24. The van der Waals surface area contributed by atoms with Gasteiger partial charge < -0.3 is 19.8 Å². The Balaban J connectivity index is 5.03. The molecule has 0 aromatic carbocycles. The third kappa shape index (κ3) is 17.4. The molecule has 3 N–H and O–H groups in total. The predicted octanol–water partition coefficient (Wildman–Crippen LogP) is 7.78. The molecule has 228 valence electrons. The number of hydrogen-bond donors (Lipinski definition) is 3. The number of quaternary nitrogens is 1. The first kappa shape index (κ1) is 37.1. The van der Waals surface area contributed by atoms with Crippen LogP contribution >= 0.6 is 0 Å². The molecule has 7 nitrogen and oxygen atoms in total. The topological polar surface area (TPSA) is 112 Å².